The average molecular weight is 470 g/mol. The number of aromatic nitrogens is 5. The van der Waals surface area contributed by atoms with E-state index in [1.54, 1.807) is 18.5 Å². The Hall–Kier alpha value is -3.01. The SMILES string of the molecule is Cc1nc2c(CN3CCOCC3)cc(Nc3cn(C)cn3)nn2c1Cc1ccc(Cl)cc1F. The third-order valence-electron chi connectivity index (χ3n) is 5.79. The number of ether oxygens (including phenoxy) is 1. The van der Waals surface area contributed by atoms with Gasteiger partial charge in [-0.15, -0.1) is 5.10 Å². The van der Waals surface area contributed by atoms with Gasteiger partial charge < -0.3 is 14.6 Å². The molecule has 0 unspecified atom stereocenters. The third-order valence-corrected chi connectivity index (χ3v) is 6.02. The second-order valence-corrected chi connectivity index (χ2v) is 8.72. The summed E-state index contributed by atoms with van der Waals surface area (Å²) in [6.07, 6.45) is 3.97. The molecule has 0 radical (unpaired) electrons. The summed E-state index contributed by atoms with van der Waals surface area (Å²) >= 11 is 5.94. The maximum absolute atomic E-state index is 14.6. The molecule has 5 rings (SSSR count). The number of hydrogen-bond acceptors (Lipinski definition) is 6. The zero-order valence-electron chi connectivity index (χ0n) is 18.6. The fraction of sp³-hybridized carbons (Fsp3) is 0.348. The molecule has 0 atom stereocenters. The highest BCUT2D eigenvalue weighted by Gasteiger charge is 2.20. The topological polar surface area (TPSA) is 72.5 Å². The average Bonchev–Trinajstić information content (AvgIpc) is 3.33. The van der Waals surface area contributed by atoms with E-state index in [0.717, 1.165) is 55.4 Å². The van der Waals surface area contributed by atoms with E-state index in [-0.39, 0.29) is 5.82 Å². The third kappa shape index (κ3) is 4.71. The van der Waals surface area contributed by atoms with Gasteiger partial charge in [-0.1, -0.05) is 17.7 Å². The molecule has 0 saturated carbocycles. The molecule has 10 heteroatoms. The molecule has 8 nitrogen and oxygen atoms in total. The van der Waals surface area contributed by atoms with E-state index >= 15 is 0 Å². The van der Waals surface area contributed by atoms with Gasteiger partial charge in [0.1, 0.15) is 11.6 Å². The number of anilines is 2. The summed E-state index contributed by atoms with van der Waals surface area (Å²) in [4.78, 5) is 11.5. The van der Waals surface area contributed by atoms with E-state index in [2.05, 4.69) is 15.2 Å². The summed E-state index contributed by atoms with van der Waals surface area (Å²) in [5, 5.41) is 8.46. The van der Waals surface area contributed by atoms with E-state index < -0.39 is 0 Å². The first-order valence-electron chi connectivity index (χ1n) is 10.8. The number of nitrogens with one attached hydrogen (secondary N) is 1. The van der Waals surface area contributed by atoms with Crippen molar-refractivity contribution in [2.75, 3.05) is 31.6 Å². The second kappa shape index (κ2) is 9.09. The summed E-state index contributed by atoms with van der Waals surface area (Å²) in [7, 11) is 1.91. The summed E-state index contributed by atoms with van der Waals surface area (Å²) in [6, 6.07) is 6.75. The van der Waals surface area contributed by atoms with Crippen LogP contribution in [-0.4, -0.2) is 55.4 Å². The Labute approximate surface area is 196 Å². The van der Waals surface area contributed by atoms with Gasteiger partial charge in [0, 0.05) is 49.9 Å². The first kappa shape index (κ1) is 21.8. The normalized spacial score (nSPS) is 14.8. The number of hydrogen-bond donors (Lipinski definition) is 1. The van der Waals surface area contributed by atoms with Crippen molar-refractivity contribution in [1.29, 1.82) is 0 Å². The largest absolute Gasteiger partial charge is 0.379 e. The van der Waals surface area contributed by atoms with Gasteiger partial charge in [0.05, 0.1) is 30.9 Å². The second-order valence-electron chi connectivity index (χ2n) is 8.28. The standard InChI is InChI=1S/C23H25ClFN7O/c1-15-20(9-16-3-4-18(24)11-19(16)25)32-23(27-15)17(12-31-5-7-33-8-6-31)10-21(29-32)28-22-13-30(2)14-26-22/h3-4,10-11,13-14H,5-9,12H2,1-2H3,(H,28,29). The molecule has 1 saturated heterocycles. The van der Waals surface area contributed by atoms with Crippen LogP contribution in [0.15, 0.2) is 36.8 Å². The molecule has 1 N–H and O–H groups in total. The number of rotatable bonds is 6. The van der Waals surface area contributed by atoms with Crippen molar-refractivity contribution in [3.05, 3.63) is 70.1 Å². The zero-order chi connectivity index (χ0) is 22.9. The Bertz CT molecular complexity index is 1300. The highest BCUT2D eigenvalue weighted by molar-refractivity contribution is 6.30. The summed E-state index contributed by atoms with van der Waals surface area (Å²) in [5.74, 6) is 1.01. The van der Waals surface area contributed by atoms with E-state index in [1.807, 2.05) is 35.3 Å². The van der Waals surface area contributed by atoms with Gasteiger partial charge in [0.2, 0.25) is 0 Å². The number of imidazole rings is 2. The van der Waals surface area contributed by atoms with Crippen LogP contribution < -0.4 is 5.32 Å². The maximum atomic E-state index is 14.6. The Morgan fingerprint density at radius 3 is 2.70 bits per heavy atom. The molecule has 172 valence electrons. The quantitative estimate of drug-likeness (QED) is 0.464. The molecule has 1 aromatic carbocycles. The zero-order valence-corrected chi connectivity index (χ0v) is 19.3. The molecular formula is C23H25ClFN7O. The molecule has 1 aliphatic heterocycles. The smallest absolute Gasteiger partial charge is 0.158 e. The molecule has 0 aliphatic carbocycles. The molecule has 0 amide bonds. The fourth-order valence-corrected chi connectivity index (χ4v) is 4.23. The molecule has 4 aromatic rings. The van der Waals surface area contributed by atoms with Gasteiger partial charge in [-0.3, -0.25) is 4.90 Å². The minimum absolute atomic E-state index is 0.340. The summed E-state index contributed by atoms with van der Waals surface area (Å²) < 4.78 is 23.7. The van der Waals surface area contributed by atoms with Crippen LogP contribution in [0.1, 0.15) is 22.5 Å². The van der Waals surface area contributed by atoms with Crippen molar-refractivity contribution in [3.63, 3.8) is 0 Å². The predicted octanol–water partition coefficient (Wildman–Crippen LogP) is 3.73. The van der Waals surface area contributed by atoms with Crippen LogP contribution in [0.3, 0.4) is 0 Å². The summed E-state index contributed by atoms with van der Waals surface area (Å²) in [6.45, 7) is 5.81. The number of morpholine rings is 1. The monoisotopic (exact) mass is 469 g/mol. The van der Waals surface area contributed by atoms with E-state index in [4.69, 9.17) is 26.4 Å². The van der Waals surface area contributed by atoms with Gasteiger partial charge in [0.25, 0.3) is 0 Å². The lowest BCUT2D eigenvalue weighted by Crippen LogP contribution is -2.35. The van der Waals surface area contributed by atoms with E-state index in [1.165, 1.54) is 6.07 Å². The molecule has 0 spiro atoms. The molecule has 33 heavy (non-hydrogen) atoms. The lowest BCUT2D eigenvalue weighted by atomic mass is 10.1. The van der Waals surface area contributed by atoms with Crippen molar-refractivity contribution >= 4 is 28.9 Å². The van der Waals surface area contributed by atoms with Crippen molar-refractivity contribution in [2.24, 2.45) is 7.05 Å². The van der Waals surface area contributed by atoms with Crippen LogP contribution in [0, 0.1) is 12.7 Å². The number of benzene rings is 1. The fourth-order valence-electron chi connectivity index (χ4n) is 4.07. The van der Waals surface area contributed by atoms with Crippen molar-refractivity contribution in [1.82, 2.24) is 29.0 Å². The Morgan fingerprint density at radius 2 is 1.97 bits per heavy atom. The predicted molar refractivity (Wildman–Crippen MR) is 125 cm³/mol. The van der Waals surface area contributed by atoms with Gasteiger partial charge >= 0.3 is 0 Å². The lowest BCUT2D eigenvalue weighted by Gasteiger charge is -2.26. The Kier molecular flexibility index (Phi) is 6.01. The van der Waals surface area contributed by atoms with Gasteiger partial charge in [-0.2, -0.15) is 0 Å². The van der Waals surface area contributed by atoms with Crippen LogP contribution in [0.2, 0.25) is 5.02 Å². The molecule has 4 heterocycles. The number of halogens is 2. The van der Waals surface area contributed by atoms with E-state index in [9.17, 15) is 4.39 Å². The van der Waals surface area contributed by atoms with Crippen LogP contribution in [0.5, 0.6) is 0 Å². The Morgan fingerprint density at radius 1 is 1.15 bits per heavy atom. The van der Waals surface area contributed by atoms with Crippen molar-refractivity contribution < 1.29 is 9.13 Å². The van der Waals surface area contributed by atoms with Crippen LogP contribution in [-0.2, 0) is 24.8 Å². The van der Waals surface area contributed by atoms with Crippen molar-refractivity contribution in [3.8, 4) is 0 Å². The van der Waals surface area contributed by atoms with Crippen molar-refractivity contribution in [2.45, 2.75) is 19.9 Å². The van der Waals surface area contributed by atoms with Gasteiger partial charge in [-0.25, -0.2) is 18.9 Å². The van der Waals surface area contributed by atoms with Gasteiger partial charge in [-0.05, 0) is 30.7 Å². The minimum Gasteiger partial charge on any atom is -0.379 e. The Balaban J connectivity index is 1.57. The lowest BCUT2D eigenvalue weighted by molar-refractivity contribution is 0.0343. The van der Waals surface area contributed by atoms with Crippen LogP contribution >= 0.6 is 11.6 Å². The number of nitrogens with zero attached hydrogens (tertiary/aromatic N) is 6. The molecule has 1 aliphatic rings. The molecule has 3 aromatic heterocycles. The van der Waals surface area contributed by atoms with E-state index in [0.29, 0.717) is 28.6 Å². The highest BCUT2D eigenvalue weighted by Crippen LogP contribution is 2.25. The summed E-state index contributed by atoms with van der Waals surface area (Å²) in [5.41, 5.74) is 4.00. The molecular weight excluding hydrogens is 445 g/mol. The first-order chi connectivity index (χ1) is 16.0. The molecule has 0 bridgehead atoms. The first-order valence-corrected chi connectivity index (χ1v) is 11.2. The van der Waals surface area contributed by atoms with Crippen LogP contribution in [0.25, 0.3) is 5.65 Å². The molecule has 1 fully saturated rings. The highest BCUT2D eigenvalue weighted by atomic mass is 35.5. The number of aryl methyl sites for hydroxylation is 2. The maximum Gasteiger partial charge on any atom is 0.158 e. The van der Waals surface area contributed by atoms with Gasteiger partial charge in [0.15, 0.2) is 11.5 Å². The minimum atomic E-state index is -0.340. The van der Waals surface area contributed by atoms with Crippen LogP contribution in [0.4, 0.5) is 16.0 Å². The number of fused-ring (bicyclic) bond motifs is 1.